The number of amides is 3. The Kier molecular flexibility index (Phi) is 11.3. The number of hydrogen-bond donors (Lipinski definition) is 3. The molecule has 3 amide bonds. The molecular formula is C33H29Cl2N3O5S. The number of para-hydroxylation sites is 1. The van der Waals surface area contributed by atoms with E-state index < -0.39 is 17.1 Å². The Morgan fingerprint density at radius 2 is 1.59 bits per heavy atom. The predicted octanol–water partition coefficient (Wildman–Crippen LogP) is 7.54. The van der Waals surface area contributed by atoms with Crippen molar-refractivity contribution in [1.82, 2.24) is 5.32 Å². The van der Waals surface area contributed by atoms with Crippen LogP contribution in [-0.4, -0.2) is 37.2 Å². The van der Waals surface area contributed by atoms with E-state index in [0.29, 0.717) is 44.0 Å². The van der Waals surface area contributed by atoms with E-state index in [0.717, 1.165) is 4.90 Å². The van der Waals surface area contributed by atoms with Crippen molar-refractivity contribution < 1.29 is 23.9 Å². The maximum Gasteiger partial charge on any atom is 0.272 e. The number of benzene rings is 4. The molecule has 0 spiro atoms. The zero-order valence-electron chi connectivity index (χ0n) is 24.0. The fourth-order valence-corrected chi connectivity index (χ4v) is 5.43. The summed E-state index contributed by atoms with van der Waals surface area (Å²) in [6, 6.07) is 25.7. The molecule has 8 nitrogen and oxygen atoms in total. The molecule has 226 valence electrons. The Labute approximate surface area is 269 Å². The van der Waals surface area contributed by atoms with Crippen molar-refractivity contribution in [2.75, 3.05) is 24.9 Å². The molecule has 4 rings (SSSR count). The normalized spacial score (nSPS) is 11.7. The topological polar surface area (TPSA) is 106 Å². The summed E-state index contributed by atoms with van der Waals surface area (Å²) in [5, 5.41) is 8.68. The quantitative estimate of drug-likeness (QED) is 0.114. The zero-order chi connectivity index (χ0) is 31.6. The first-order valence-corrected chi connectivity index (χ1v) is 14.9. The molecule has 1 atom stereocenters. The molecular weight excluding hydrogens is 621 g/mol. The third-order valence-corrected chi connectivity index (χ3v) is 7.87. The SMILES string of the molecule is COc1cccc(/C=C(/NC(=O)c2ccccc2)C(=O)Nc2cccc(SC(C)C(=O)Nc3ccc(Cl)cc3Cl)c2)c1OC. The molecule has 44 heavy (non-hydrogen) atoms. The standard InChI is InChI=1S/C33H29Cl2N3O5S/c1-20(31(39)37-27-16-15-23(34)18-26(27)35)44-25-13-8-12-24(19-25)36-33(41)28(38-32(40)21-9-5-4-6-10-21)17-22-11-7-14-29(42-2)30(22)43-3/h4-20H,1-3H3,(H,36,41)(H,37,39)(H,38,40)/b28-17+. The molecule has 1 unspecified atom stereocenters. The van der Waals surface area contributed by atoms with Crippen molar-refractivity contribution in [2.24, 2.45) is 0 Å². The van der Waals surface area contributed by atoms with Crippen molar-refractivity contribution >= 4 is 70.1 Å². The van der Waals surface area contributed by atoms with Gasteiger partial charge in [0, 0.05) is 26.7 Å². The number of hydrogen-bond acceptors (Lipinski definition) is 6. The van der Waals surface area contributed by atoms with Crippen molar-refractivity contribution in [3.8, 4) is 11.5 Å². The minimum Gasteiger partial charge on any atom is -0.493 e. The highest BCUT2D eigenvalue weighted by molar-refractivity contribution is 8.00. The second kappa shape index (κ2) is 15.3. The minimum absolute atomic E-state index is 0.0175. The van der Waals surface area contributed by atoms with Gasteiger partial charge in [-0.15, -0.1) is 11.8 Å². The fourth-order valence-electron chi connectivity index (χ4n) is 4.05. The predicted molar refractivity (Wildman–Crippen MR) is 177 cm³/mol. The van der Waals surface area contributed by atoms with Crippen LogP contribution in [0.5, 0.6) is 11.5 Å². The van der Waals surface area contributed by atoms with Crippen molar-refractivity contribution in [1.29, 1.82) is 0 Å². The number of methoxy groups -OCH3 is 2. The number of carbonyl (C=O) groups is 3. The summed E-state index contributed by atoms with van der Waals surface area (Å²) in [6.45, 7) is 1.76. The van der Waals surface area contributed by atoms with Crippen molar-refractivity contribution in [3.05, 3.63) is 118 Å². The van der Waals surface area contributed by atoms with Crippen LogP contribution in [0.25, 0.3) is 6.08 Å². The van der Waals surface area contributed by atoms with Crippen LogP contribution in [0.4, 0.5) is 11.4 Å². The molecule has 0 radical (unpaired) electrons. The molecule has 0 aliphatic carbocycles. The van der Waals surface area contributed by atoms with Crippen molar-refractivity contribution in [2.45, 2.75) is 17.1 Å². The number of rotatable bonds is 11. The average molecular weight is 651 g/mol. The van der Waals surface area contributed by atoms with Gasteiger partial charge in [-0.2, -0.15) is 0 Å². The van der Waals surface area contributed by atoms with Gasteiger partial charge in [0.1, 0.15) is 5.70 Å². The van der Waals surface area contributed by atoms with Gasteiger partial charge in [-0.1, -0.05) is 59.6 Å². The molecule has 0 saturated carbocycles. The minimum atomic E-state index is -0.565. The van der Waals surface area contributed by atoms with E-state index in [4.69, 9.17) is 32.7 Å². The second-order valence-electron chi connectivity index (χ2n) is 9.32. The third kappa shape index (κ3) is 8.57. The van der Waals surface area contributed by atoms with E-state index in [1.807, 2.05) is 6.07 Å². The lowest BCUT2D eigenvalue weighted by Crippen LogP contribution is -2.30. The van der Waals surface area contributed by atoms with Gasteiger partial charge in [0.2, 0.25) is 5.91 Å². The Balaban J connectivity index is 1.54. The van der Waals surface area contributed by atoms with Gasteiger partial charge in [0.25, 0.3) is 11.8 Å². The fraction of sp³-hybridized carbons (Fsp3) is 0.121. The molecule has 0 saturated heterocycles. The first kappa shape index (κ1) is 32.5. The number of anilines is 2. The molecule has 0 aliphatic heterocycles. The van der Waals surface area contributed by atoms with E-state index in [-0.39, 0.29) is 11.6 Å². The van der Waals surface area contributed by atoms with E-state index >= 15 is 0 Å². The molecule has 0 heterocycles. The van der Waals surface area contributed by atoms with Gasteiger partial charge in [-0.3, -0.25) is 14.4 Å². The number of nitrogens with one attached hydrogen (secondary N) is 3. The van der Waals surface area contributed by atoms with E-state index in [9.17, 15) is 14.4 Å². The molecule has 11 heteroatoms. The summed E-state index contributed by atoms with van der Waals surface area (Å²) >= 11 is 13.4. The van der Waals surface area contributed by atoms with Crippen LogP contribution in [0.15, 0.2) is 102 Å². The molecule has 4 aromatic carbocycles. The van der Waals surface area contributed by atoms with Crippen LogP contribution >= 0.6 is 35.0 Å². The molecule has 0 aromatic heterocycles. The molecule has 3 N–H and O–H groups in total. The first-order valence-electron chi connectivity index (χ1n) is 13.3. The second-order valence-corrected chi connectivity index (χ2v) is 11.6. The number of thioether (sulfide) groups is 1. The summed E-state index contributed by atoms with van der Waals surface area (Å²) in [6.07, 6.45) is 1.52. The smallest absolute Gasteiger partial charge is 0.272 e. The van der Waals surface area contributed by atoms with Gasteiger partial charge in [-0.05, 0) is 67.6 Å². The van der Waals surface area contributed by atoms with Gasteiger partial charge >= 0.3 is 0 Å². The lowest BCUT2D eigenvalue weighted by Gasteiger charge is -2.15. The molecule has 0 aliphatic rings. The van der Waals surface area contributed by atoms with Crippen molar-refractivity contribution in [3.63, 3.8) is 0 Å². The Hall–Kier alpha value is -4.44. The first-order chi connectivity index (χ1) is 21.2. The number of ether oxygens (including phenoxy) is 2. The van der Waals surface area contributed by atoms with Crippen LogP contribution in [0.2, 0.25) is 10.0 Å². The zero-order valence-corrected chi connectivity index (χ0v) is 26.3. The highest BCUT2D eigenvalue weighted by atomic mass is 35.5. The molecule has 4 aromatic rings. The van der Waals surface area contributed by atoms with Gasteiger partial charge < -0.3 is 25.4 Å². The summed E-state index contributed by atoms with van der Waals surface area (Å²) < 4.78 is 10.9. The third-order valence-electron chi connectivity index (χ3n) is 6.23. The van der Waals surface area contributed by atoms with E-state index in [1.54, 1.807) is 91.9 Å². The summed E-state index contributed by atoms with van der Waals surface area (Å²) in [4.78, 5) is 40.2. The highest BCUT2D eigenvalue weighted by Crippen LogP contribution is 2.33. The summed E-state index contributed by atoms with van der Waals surface area (Å²) in [7, 11) is 3.00. The van der Waals surface area contributed by atoms with Gasteiger partial charge in [0.05, 0.1) is 30.2 Å². The van der Waals surface area contributed by atoms with Crippen LogP contribution in [0, 0.1) is 0 Å². The van der Waals surface area contributed by atoms with Crippen LogP contribution in [0.3, 0.4) is 0 Å². The average Bonchev–Trinajstić information content (AvgIpc) is 3.02. The van der Waals surface area contributed by atoms with E-state index in [1.165, 1.54) is 32.1 Å². The van der Waals surface area contributed by atoms with E-state index in [2.05, 4.69) is 16.0 Å². The lowest BCUT2D eigenvalue weighted by atomic mass is 10.1. The molecule has 0 fully saturated rings. The number of carbonyl (C=O) groups excluding carboxylic acids is 3. The largest absolute Gasteiger partial charge is 0.493 e. The molecule has 0 bridgehead atoms. The van der Waals surface area contributed by atoms with Crippen LogP contribution in [-0.2, 0) is 9.59 Å². The Bertz CT molecular complexity index is 1700. The van der Waals surface area contributed by atoms with Gasteiger partial charge in [-0.25, -0.2) is 0 Å². The summed E-state index contributed by atoms with van der Waals surface area (Å²) in [5.74, 6) is -0.408. The van der Waals surface area contributed by atoms with Gasteiger partial charge in [0.15, 0.2) is 11.5 Å². The number of halogens is 2. The summed E-state index contributed by atoms with van der Waals surface area (Å²) in [5.41, 5.74) is 1.81. The Morgan fingerprint density at radius 3 is 2.30 bits per heavy atom. The maximum absolute atomic E-state index is 13.6. The van der Waals surface area contributed by atoms with Crippen LogP contribution in [0.1, 0.15) is 22.8 Å². The highest BCUT2D eigenvalue weighted by Gasteiger charge is 2.19. The van der Waals surface area contributed by atoms with Crippen LogP contribution < -0.4 is 25.4 Å². The maximum atomic E-state index is 13.6. The monoisotopic (exact) mass is 649 g/mol. The lowest BCUT2D eigenvalue weighted by molar-refractivity contribution is -0.115. The Morgan fingerprint density at radius 1 is 0.841 bits per heavy atom.